The molecule has 1 atom stereocenters. The molecule has 0 amide bonds. The second-order valence-corrected chi connectivity index (χ2v) is 5.23. The van der Waals surface area contributed by atoms with E-state index < -0.39 is 0 Å². The molecule has 0 radical (unpaired) electrons. The first-order valence-corrected chi connectivity index (χ1v) is 6.82. The summed E-state index contributed by atoms with van der Waals surface area (Å²) in [5, 5.41) is 10.6. The van der Waals surface area contributed by atoms with Crippen LogP contribution in [0, 0.1) is 5.92 Å². The Labute approximate surface area is 114 Å². The summed E-state index contributed by atoms with van der Waals surface area (Å²) in [4.78, 5) is 0. The molecule has 0 aliphatic heterocycles. The standard InChI is InChI=1S/C15H23N3O/c1-5-12-6-11(3)14(7-10(12)2)16-15-8-13(9-19-4)17-18-15/h7-8,12H,5-6,9H2,1-4H3,(H2,16,17,18). The van der Waals surface area contributed by atoms with Crippen LogP contribution in [-0.4, -0.2) is 17.3 Å². The largest absolute Gasteiger partial charge is 0.378 e. The van der Waals surface area contributed by atoms with E-state index in [1.807, 2.05) is 6.07 Å². The lowest BCUT2D eigenvalue weighted by Crippen LogP contribution is -2.12. The Bertz CT molecular complexity index is 499. The highest BCUT2D eigenvalue weighted by Crippen LogP contribution is 2.31. The molecule has 0 saturated carbocycles. The number of H-pyrrole nitrogens is 1. The zero-order valence-corrected chi connectivity index (χ0v) is 12.2. The van der Waals surface area contributed by atoms with Crippen molar-refractivity contribution in [2.45, 2.75) is 40.2 Å². The fraction of sp³-hybridized carbons (Fsp3) is 0.533. The molecule has 1 aliphatic rings. The van der Waals surface area contributed by atoms with Crippen molar-refractivity contribution in [1.29, 1.82) is 0 Å². The number of methoxy groups -OCH3 is 1. The summed E-state index contributed by atoms with van der Waals surface area (Å²) >= 11 is 0. The molecule has 0 fully saturated rings. The maximum atomic E-state index is 5.08. The summed E-state index contributed by atoms with van der Waals surface area (Å²) in [6.45, 7) is 7.21. The van der Waals surface area contributed by atoms with Crippen LogP contribution in [0.1, 0.15) is 39.3 Å². The van der Waals surface area contributed by atoms with Gasteiger partial charge in [-0.15, -0.1) is 0 Å². The van der Waals surface area contributed by atoms with Crippen molar-refractivity contribution >= 4 is 5.82 Å². The minimum absolute atomic E-state index is 0.555. The number of nitrogens with zero attached hydrogens (tertiary/aromatic N) is 1. The van der Waals surface area contributed by atoms with E-state index in [0.717, 1.165) is 17.9 Å². The van der Waals surface area contributed by atoms with Crippen LogP contribution in [0.5, 0.6) is 0 Å². The van der Waals surface area contributed by atoms with Crippen LogP contribution >= 0.6 is 0 Å². The third kappa shape index (κ3) is 3.26. The van der Waals surface area contributed by atoms with Crippen LogP contribution in [0.4, 0.5) is 5.82 Å². The van der Waals surface area contributed by atoms with Crippen molar-refractivity contribution in [1.82, 2.24) is 10.2 Å². The molecule has 0 aromatic carbocycles. The molecule has 0 saturated heterocycles. The molecule has 0 spiro atoms. The normalized spacial score (nSPS) is 19.6. The Morgan fingerprint density at radius 1 is 1.47 bits per heavy atom. The molecule has 1 aliphatic carbocycles. The van der Waals surface area contributed by atoms with E-state index in [1.165, 1.54) is 23.3 Å². The highest BCUT2D eigenvalue weighted by Gasteiger charge is 2.17. The summed E-state index contributed by atoms with van der Waals surface area (Å²) in [5.41, 5.74) is 5.00. The van der Waals surface area contributed by atoms with Crippen LogP contribution in [0.2, 0.25) is 0 Å². The number of hydrogen-bond acceptors (Lipinski definition) is 3. The Kier molecular flexibility index (Phi) is 4.43. The Morgan fingerprint density at radius 3 is 2.95 bits per heavy atom. The molecule has 1 unspecified atom stereocenters. The monoisotopic (exact) mass is 261 g/mol. The molecule has 104 valence electrons. The molecule has 1 heterocycles. The number of hydrogen-bond donors (Lipinski definition) is 2. The maximum absolute atomic E-state index is 5.08. The van der Waals surface area contributed by atoms with Crippen LogP contribution < -0.4 is 5.32 Å². The molecular weight excluding hydrogens is 238 g/mol. The van der Waals surface area contributed by atoms with Gasteiger partial charge in [0.25, 0.3) is 0 Å². The van der Waals surface area contributed by atoms with E-state index in [1.54, 1.807) is 7.11 Å². The van der Waals surface area contributed by atoms with E-state index >= 15 is 0 Å². The van der Waals surface area contributed by atoms with Crippen molar-refractivity contribution in [3.05, 3.63) is 34.7 Å². The van der Waals surface area contributed by atoms with Gasteiger partial charge in [-0.3, -0.25) is 5.10 Å². The SMILES string of the molecule is CCC1CC(C)=C(Nc2cc(COC)[nH]n2)C=C1C. The lowest BCUT2D eigenvalue weighted by Gasteiger charge is -2.24. The average molecular weight is 261 g/mol. The average Bonchev–Trinajstić information content (AvgIpc) is 2.81. The molecule has 1 aromatic heterocycles. The van der Waals surface area contributed by atoms with E-state index in [0.29, 0.717) is 12.5 Å². The number of rotatable bonds is 5. The van der Waals surface area contributed by atoms with Crippen LogP contribution in [-0.2, 0) is 11.3 Å². The van der Waals surface area contributed by atoms with Crippen molar-refractivity contribution in [2.24, 2.45) is 5.92 Å². The van der Waals surface area contributed by atoms with Gasteiger partial charge in [0.05, 0.1) is 12.3 Å². The first-order valence-electron chi connectivity index (χ1n) is 6.82. The van der Waals surface area contributed by atoms with E-state index in [9.17, 15) is 0 Å². The van der Waals surface area contributed by atoms with Gasteiger partial charge in [-0.25, -0.2) is 0 Å². The number of anilines is 1. The lowest BCUT2D eigenvalue weighted by molar-refractivity contribution is 0.181. The summed E-state index contributed by atoms with van der Waals surface area (Å²) in [5.74, 6) is 1.54. The number of aromatic amines is 1. The van der Waals surface area contributed by atoms with Crippen molar-refractivity contribution in [2.75, 3.05) is 12.4 Å². The summed E-state index contributed by atoms with van der Waals surface area (Å²) in [6.07, 6.45) is 4.58. The summed E-state index contributed by atoms with van der Waals surface area (Å²) in [7, 11) is 1.68. The maximum Gasteiger partial charge on any atom is 0.152 e. The molecule has 2 rings (SSSR count). The second kappa shape index (κ2) is 6.06. The highest BCUT2D eigenvalue weighted by molar-refractivity contribution is 5.49. The Morgan fingerprint density at radius 2 is 2.26 bits per heavy atom. The van der Waals surface area contributed by atoms with Crippen LogP contribution in [0.3, 0.4) is 0 Å². The van der Waals surface area contributed by atoms with E-state index in [2.05, 4.69) is 42.4 Å². The van der Waals surface area contributed by atoms with Crippen LogP contribution in [0.25, 0.3) is 0 Å². The van der Waals surface area contributed by atoms with Crippen molar-refractivity contribution < 1.29 is 4.74 Å². The fourth-order valence-electron chi connectivity index (χ4n) is 2.51. The van der Waals surface area contributed by atoms with E-state index in [4.69, 9.17) is 4.74 Å². The van der Waals surface area contributed by atoms with Crippen molar-refractivity contribution in [3.63, 3.8) is 0 Å². The van der Waals surface area contributed by atoms with Gasteiger partial charge in [-0.05, 0) is 44.3 Å². The van der Waals surface area contributed by atoms with Gasteiger partial charge >= 0.3 is 0 Å². The first-order chi connectivity index (χ1) is 9.13. The number of allylic oxidation sites excluding steroid dienone is 3. The topological polar surface area (TPSA) is 49.9 Å². The lowest BCUT2D eigenvalue weighted by atomic mass is 9.85. The first kappa shape index (κ1) is 13.9. The third-order valence-corrected chi connectivity index (χ3v) is 3.71. The van der Waals surface area contributed by atoms with E-state index in [-0.39, 0.29) is 0 Å². The second-order valence-electron chi connectivity index (χ2n) is 5.23. The smallest absolute Gasteiger partial charge is 0.152 e. The van der Waals surface area contributed by atoms with Crippen LogP contribution in [0.15, 0.2) is 29.0 Å². The van der Waals surface area contributed by atoms with Gasteiger partial charge < -0.3 is 10.1 Å². The molecule has 4 heteroatoms. The highest BCUT2D eigenvalue weighted by atomic mass is 16.5. The summed E-state index contributed by atoms with van der Waals surface area (Å²) < 4.78 is 5.08. The predicted octanol–water partition coefficient (Wildman–Crippen LogP) is 3.62. The van der Waals surface area contributed by atoms with Gasteiger partial charge in [0.15, 0.2) is 5.82 Å². The summed E-state index contributed by atoms with van der Waals surface area (Å²) in [6, 6.07) is 1.98. The zero-order valence-electron chi connectivity index (χ0n) is 12.2. The molecule has 4 nitrogen and oxygen atoms in total. The van der Waals surface area contributed by atoms with Gasteiger partial charge in [0.1, 0.15) is 0 Å². The molecule has 1 aromatic rings. The van der Waals surface area contributed by atoms with Gasteiger partial charge in [-0.2, -0.15) is 5.10 Å². The van der Waals surface area contributed by atoms with Gasteiger partial charge in [0.2, 0.25) is 0 Å². The number of aromatic nitrogens is 2. The quantitative estimate of drug-likeness (QED) is 0.851. The van der Waals surface area contributed by atoms with Gasteiger partial charge in [0, 0.05) is 18.9 Å². The minimum Gasteiger partial charge on any atom is -0.378 e. The number of nitrogens with one attached hydrogen (secondary N) is 2. The molecule has 0 bridgehead atoms. The molecule has 19 heavy (non-hydrogen) atoms. The predicted molar refractivity (Wildman–Crippen MR) is 77.8 cm³/mol. The van der Waals surface area contributed by atoms with Crippen molar-refractivity contribution in [3.8, 4) is 0 Å². The zero-order chi connectivity index (χ0) is 13.8. The molecule has 2 N–H and O–H groups in total. The Balaban J connectivity index is 2.10. The van der Waals surface area contributed by atoms with Gasteiger partial charge in [-0.1, -0.05) is 12.5 Å². The third-order valence-electron chi connectivity index (χ3n) is 3.71. The fourth-order valence-corrected chi connectivity index (χ4v) is 2.51. The minimum atomic E-state index is 0.555. The Hall–Kier alpha value is -1.55. The molecular formula is C15H23N3O. The number of ether oxygens (including phenoxy) is 1.